The number of hydrogen-bond donors (Lipinski definition) is 1. The Morgan fingerprint density at radius 3 is 2.82 bits per heavy atom. The van der Waals surface area contributed by atoms with Gasteiger partial charge in [-0.05, 0) is 18.9 Å². The molecule has 1 saturated heterocycles. The summed E-state index contributed by atoms with van der Waals surface area (Å²) in [7, 11) is 0. The first-order chi connectivity index (χ1) is 8.31. The number of aliphatic hydroxyl groups excluding tert-OH is 1. The van der Waals surface area contributed by atoms with Crippen molar-refractivity contribution in [1.29, 1.82) is 0 Å². The van der Waals surface area contributed by atoms with Gasteiger partial charge >= 0.3 is 0 Å². The van der Waals surface area contributed by atoms with Crippen molar-refractivity contribution in [1.82, 2.24) is 4.90 Å². The van der Waals surface area contributed by atoms with Gasteiger partial charge in [-0.2, -0.15) is 11.8 Å². The fraction of sp³-hybridized carbons (Fsp3) is 0.571. The molecule has 1 aromatic rings. The average Bonchev–Trinajstić information content (AvgIpc) is 2.38. The minimum absolute atomic E-state index is 0.296. The lowest BCUT2D eigenvalue weighted by atomic mass is 10.0. The van der Waals surface area contributed by atoms with Crippen LogP contribution in [0.1, 0.15) is 23.6 Å². The Kier molecular flexibility index (Phi) is 4.89. The molecule has 94 valence electrons. The second kappa shape index (κ2) is 6.43. The van der Waals surface area contributed by atoms with Gasteiger partial charge in [-0.3, -0.25) is 4.90 Å². The van der Waals surface area contributed by atoms with E-state index in [9.17, 15) is 0 Å². The van der Waals surface area contributed by atoms with E-state index in [2.05, 4.69) is 36.1 Å². The lowest BCUT2D eigenvalue weighted by molar-refractivity contribution is 0.191. The second-order valence-corrected chi connectivity index (χ2v) is 5.76. The first-order valence-corrected chi connectivity index (χ1v) is 7.46. The molecule has 17 heavy (non-hydrogen) atoms. The molecule has 1 heterocycles. The van der Waals surface area contributed by atoms with Gasteiger partial charge in [0, 0.05) is 37.2 Å². The van der Waals surface area contributed by atoms with Crippen molar-refractivity contribution < 1.29 is 5.11 Å². The third kappa shape index (κ3) is 3.47. The zero-order valence-electron chi connectivity index (χ0n) is 10.4. The van der Waals surface area contributed by atoms with Gasteiger partial charge < -0.3 is 5.11 Å². The van der Waals surface area contributed by atoms with Crippen LogP contribution in [0.4, 0.5) is 0 Å². The summed E-state index contributed by atoms with van der Waals surface area (Å²) in [6.45, 7) is 4.58. The predicted octanol–water partition coefficient (Wildman–Crippen LogP) is 2.47. The number of thioether (sulfide) groups is 1. The van der Waals surface area contributed by atoms with Crippen molar-refractivity contribution in [3.8, 4) is 0 Å². The summed E-state index contributed by atoms with van der Waals surface area (Å²) >= 11 is 2.04. The Bertz CT molecular complexity index is 339. The van der Waals surface area contributed by atoms with Crippen molar-refractivity contribution in [2.45, 2.75) is 19.4 Å². The summed E-state index contributed by atoms with van der Waals surface area (Å²) in [5.41, 5.74) is 2.74. The quantitative estimate of drug-likeness (QED) is 0.889. The number of aryl methyl sites for hydroxylation is 1. The predicted molar refractivity (Wildman–Crippen MR) is 74.5 cm³/mol. The highest BCUT2D eigenvalue weighted by Gasteiger charge is 2.23. The minimum atomic E-state index is 0.296. The molecule has 0 aliphatic carbocycles. The van der Waals surface area contributed by atoms with E-state index in [1.807, 2.05) is 11.8 Å². The molecule has 1 aliphatic rings. The van der Waals surface area contributed by atoms with E-state index in [-0.39, 0.29) is 0 Å². The van der Waals surface area contributed by atoms with Gasteiger partial charge in [-0.1, -0.05) is 29.8 Å². The smallest absolute Gasteiger partial charge is 0.0443 e. The number of rotatable bonds is 4. The molecule has 0 saturated carbocycles. The summed E-state index contributed by atoms with van der Waals surface area (Å²) in [4.78, 5) is 2.51. The lowest BCUT2D eigenvalue weighted by Crippen LogP contribution is -2.37. The van der Waals surface area contributed by atoms with Crippen LogP contribution in [0.5, 0.6) is 0 Å². The number of benzene rings is 1. The molecule has 1 N–H and O–H groups in total. The van der Waals surface area contributed by atoms with E-state index in [0.29, 0.717) is 12.6 Å². The maximum absolute atomic E-state index is 8.96. The van der Waals surface area contributed by atoms with Crippen LogP contribution in [0.2, 0.25) is 0 Å². The van der Waals surface area contributed by atoms with Crippen LogP contribution in [0.25, 0.3) is 0 Å². The molecule has 0 amide bonds. The Morgan fingerprint density at radius 1 is 1.35 bits per heavy atom. The summed E-state index contributed by atoms with van der Waals surface area (Å²) in [5, 5.41) is 8.96. The monoisotopic (exact) mass is 251 g/mol. The van der Waals surface area contributed by atoms with Crippen LogP contribution in [0.3, 0.4) is 0 Å². The van der Waals surface area contributed by atoms with Gasteiger partial charge in [0.15, 0.2) is 0 Å². The van der Waals surface area contributed by atoms with Gasteiger partial charge in [-0.25, -0.2) is 0 Å². The first kappa shape index (κ1) is 12.9. The highest BCUT2D eigenvalue weighted by atomic mass is 32.2. The fourth-order valence-corrected chi connectivity index (χ4v) is 3.43. The second-order valence-electron chi connectivity index (χ2n) is 4.61. The molecule has 0 radical (unpaired) electrons. The molecule has 1 atom stereocenters. The Hall–Kier alpha value is -0.510. The van der Waals surface area contributed by atoms with Gasteiger partial charge in [-0.15, -0.1) is 0 Å². The van der Waals surface area contributed by atoms with E-state index < -0.39 is 0 Å². The molecule has 0 bridgehead atoms. The Balaban J connectivity index is 2.07. The summed E-state index contributed by atoms with van der Waals surface area (Å²) < 4.78 is 0. The van der Waals surface area contributed by atoms with Gasteiger partial charge in [0.05, 0.1) is 0 Å². The maximum atomic E-state index is 8.96. The van der Waals surface area contributed by atoms with Crippen LogP contribution in [-0.4, -0.2) is 41.2 Å². The molecular formula is C14H21NOS. The molecule has 3 heteroatoms. The van der Waals surface area contributed by atoms with Gasteiger partial charge in [0.2, 0.25) is 0 Å². The van der Waals surface area contributed by atoms with Gasteiger partial charge in [0.25, 0.3) is 0 Å². The normalized spacial score (nSPS) is 21.6. The minimum Gasteiger partial charge on any atom is -0.396 e. The summed E-state index contributed by atoms with van der Waals surface area (Å²) in [6, 6.07) is 9.41. The summed E-state index contributed by atoms with van der Waals surface area (Å²) in [5.74, 6) is 2.39. The molecular weight excluding hydrogens is 230 g/mol. The maximum Gasteiger partial charge on any atom is 0.0443 e. The third-order valence-electron chi connectivity index (χ3n) is 3.30. The summed E-state index contributed by atoms with van der Waals surface area (Å²) in [6.07, 6.45) is 0.882. The highest BCUT2D eigenvalue weighted by molar-refractivity contribution is 7.99. The fourth-order valence-electron chi connectivity index (χ4n) is 2.28. The van der Waals surface area contributed by atoms with Crippen molar-refractivity contribution in [3.05, 3.63) is 35.4 Å². The lowest BCUT2D eigenvalue weighted by Gasteiger charge is -2.35. The first-order valence-electron chi connectivity index (χ1n) is 6.30. The molecule has 0 spiro atoms. The molecule has 2 rings (SSSR count). The largest absolute Gasteiger partial charge is 0.396 e. The molecule has 1 aromatic carbocycles. The van der Waals surface area contributed by atoms with E-state index in [1.165, 1.54) is 22.6 Å². The van der Waals surface area contributed by atoms with E-state index in [4.69, 9.17) is 5.11 Å². The topological polar surface area (TPSA) is 23.5 Å². The number of hydrogen-bond acceptors (Lipinski definition) is 3. The van der Waals surface area contributed by atoms with Crippen LogP contribution in [-0.2, 0) is 0 Å². The molecule has 0 aromatic heterocycles. The van der Waals surface area contributed by atoms with Crippen LogP contribution >= 0.6 is 11.8 Å². The van der Waals surface area contributed by atoms with Gasteiger partial charge in [0.1, 0.15) is 0 Å². The number of aliphatic hydroxyl groups is 1. The van der Waals surface area contributed by atoms with Crippen molar-refractivity contribution in [2.24, 2.45) is 0 Å². The van der Waals surface area contributed by atoms with E-state index >= 15 is 0 Å². The SMILES string of the molecule is Cc1ccc([C@H]2CSCCN2CCCO)cc1. The standard InChI is InChI=1S/C14H21NOS/c1-12-3-5-13(6-4-12)14-11-17-10-8-15(14)7-2-9-16/h3-6,14,16H,2,7-11H2,1H3/t14-/m1/s1. The molecule has 1 fully saturated rings. The Labute approximate surface area is 108 Å². The molecule has 0 unspecified atom stereocenters. The van der Waals surface area contributed by atoms with E-state index in [0.717, 1.165) is 19.5 Å². The van der Waals surface area contributed by atoms with Crippen LogP contribution < -0.4 is 0 Å². The molecule has 1 aliphatic heterocycles. The van der Waals surface area contributed by atoms with Crippen molar-refractivity contribution in [3.63, 3.8) is 0 Å². The highest BCUT2D eigenvalue weighted by Crippen LogP contribution is 2.29. The zero-order chi connectivity index (χ0) is 12.1. The van der Waals surface area contributed by atoms with E-state index in [1.54, 1.807) is 0 Å². The average molecular weight is 251 g/mol. The van der Waals surface area contributed by atoms with Crippen molar-refractivity contribution in [2.75, 3.05) is 31.2 Å². The van der Waals surface area contributed by atoms with Crippen molar-refractivity contribution >= 4 is 11.8 Å². The number of nitrogens with zero attached hydrogens (tertiary/aromatic N) is 1. The van der Waals surface area contributed by atoms with Crippen LogP contribution in [0, 0.1) is 6.92 Å². The third-order valence-corrected chi connectivity index (χ3v) is 4.33. The Morgan fingerprint density at radius 2 is 2.12 bits per heavy atom. The zero-order valence-corrected chi connectivity index (χ0v) is 11.2. The molecule has 2 nitrogen and oxygen atoms in total. The van der Waals surface area contributed by atoms with Crippen LogP contribution in [0.15, 0.2) is 24.3 Å².